The lowest BCUT2D eigenvalue weighted by atomic mass is 10.2. The highest BCUT2D eigenvalue weighted by atomic mass is 17.1. The molecule has 0 unspecified atom stereocenters. The molecule has 0 bridgehead atoms. The van der Waals surface area contributed by atoms with Crippen LogP contribution in [0.2, 0.25) is 0 Å². The van der Waals surface area contributed by atoms with Gasteiger partial charge in [0.25, 0.3) is 0 Å². The average Bonchev–Trinajstić information content (AvgIpc) is 2.57. The largest absolute Gasteiger partial charge is 0.481 e. The van der Waals surface area contributed by atoms with Crippen molar-refractivity contribution in [3.05, 3.63) is 60.4 Å². The Kier molecular flexibility index (Phi) is 15.8. The van der Waals surface area contributed by atoms with Crippen molar-refractivity contribution >= 4 is 5.97 Å². The van der Waals surface area contributed by atoms with Crippen LogP contribution in [0.4, 0.5) is 0 Å². The van der Waals surface area contributed by atoms with Crippen molar-refractivity contribution in [3.8, 4) is 0 Å². The second-order valence-corrected chi connectivity index (χ2v) is 5.25. The SMILES string of the molecule is CCC=CCC(=CCC=CCC=CCC=CCCCC(=O)O)OO. The molecule has 0 radical (unpaired) electrons. The maximum Gasteiger partial charge on any atom is 0.303 e. The fourth-order valence-electron chi connectivity index (χ4n) is 1.85. The van der Waals surface area contributed by atoms with E-state index in [4.69, 9.17) is 10.4 Å². The van der Waals surface area contributed by atoms with Gasteiger partial charge in [-0.2, -0.15) is 0 Å². The quantitative estimate of drug-likeness (QED) is 0.138. The Labute approximate surface area is 145 Å². The molecule has 2 N–H and O–H groups in total. The van der Waals surface area contributed by atoms with E-state index in [1.165, 1.54) is 0 Å². The van der Waals surface area contributed by atoms with Crippen LogP contribution in [0.5, 0.6) is 0 Å². The molecule has 0 saturated carbocycles. The number of rotatable bonds is 14. The molecular weight excluding hydrogens is 304 g/mol. The highest BCUT2D eigenvalue weighted by Crippen LogP contribution is 2.06. The van der Waals surface area contributed by atoms with Crippen molar-refractivity contribution in [1.29, 1.82) is 0 Å². The molecule has 0 heterocycles. The molecule has 0 spiro atoms. The summed E-state index contributed by atoms with van der Waals surface area (Å²) in [5.74, 6) is -0.173. The Bertz CT molecular complexity index is 456. The van der Waals surface area contributed by atoms with Gasteiger partial charge >= 0.3 is 5.97 Å². The molecule has 24 heavy (non-hydrogen) atoms. The van der Waals surface area contributed by atoms with Crippen molar-refractivity contribution in [2.24, 2.45) is 0 Å². The first-order valence-electron chi connectivity index (χ1n) is 8.52. The van der Waals surface area contributed by atoms with E-state index in [9.17, 15) is 4.79 Å². The zero-order chi connectivity index (χ0) is 17.9. The zero-order valence-corrected chi connectivity index (χ0v) is 14.6. The van der Waals surface area contributed by atoms with Crippen molar-refractivity contribution in [1.82, 2.24) is 0 Å². The monoisotopic (exact) mass is 334 g/mol. The van der Waals surface area contributed by atoms with E-state index >= 15 is 0 Å². The maximum absolute atomic E-state index is 10.3. The molecule has 0 rings (SSSR count). The molecular formula is C20H30O4. The molecule has 0 aliphatic carbocycles. The first kappa shape index (κ1) is 21.9. The van der Waals surface area contributed by atoms with Gasteiger partial charge in [0.05, 0.1) is 0 Å². The molecule has 0 fully saturated rings. The van der Waals surface area contributed by atoms with E-state index in [0.717, 1.165) is 32.1 Å². The predicted molar refractivity (Wildman–Crippen MR) is 98.6 cm³/mol. The second kappa shape index (κ2) is 17.3. The zero-order valence-electron chi connectivity index (χ0n) is 14.6. The van der Waals surface area contributed by atoms with Crippen LogP contribution in [0.25, 0.3) is 0 Å². The highest BCUT2D eigenvalue weighted by molar-refractivity contribution is 5.66. The molecule has 0 aromatic heterocycles. The average molecular weight is 334 g/mol. The number of allylic oxidation sites excluding steroid dienone is 9. The number of aliphatic carboxylic acids is 1. The molecule has 0 aliphatic heterocycles. The molecule has 4 heteroatoms. The number of carbonyl (C=O) groups is 1. The number of carboxylic acids is 1. The van der Waals surface area contributed by atoms with Crippen LogP contribution in [-0.4, -0.2) is 16.3 Å². The van der Waals surface area contributed by atoms with Crippen LogP contribution in [0.15, 0.2) is 60.4 Å². The van der Waals surface area contributed by atoms with Crippen LogP contribution >= 0.6 is 0 Å². The van der Waals surface area contributed by atoms with E-state index in [1.807, 2.05) is 30.4 Å². The van der Waals surface area contributed by atoms with E-state index in [-0.39, 0.29) is 6.42 Å². The predicted octanol–water partition coefficient (Wildman–Crippen LogP) is 5.81. The second-order valence-electron chi connectivity index (χ2n) is 5.25. The Morgan fingerprint density at radius 3 is 2.12 bits per heavy atom. The van der Waals surface area contributed by atoms with Crippen LogP contribution in [0.3, 0.4) is 0 Å². The third-order valence-corrected chi connectivity index (χ3v) is 3.13. The molecule has 0 saturated heterocycles. The minimum atomic E-state index is -0.736. The topological polar surface area (TPSA) is 66.8 Å². The summed E-state index contributed by atoms with van der Waals surface area (Å²) in [7, 11) is 0. The fourth-order valence-corrected chi connectivity index (χ4v) is 1.85. The summed E-state index contributed by atoms with van der Waals surface area (Å²) in [6, 6.07) is 0. The van der Waals surface area contributed by atoms with Crippen molar-refractivity contribution in [3.63, 3.8) is 0 Å². The first-order chi connectivity index (χ1) is 11.7. The van der Waals surface area contributed by atoms with Crippen LogP contribution in [-0.2, 0) is 9.68 Å². The van der Waals surface area contributed by atoms with Crippen molar-refractivity contribution < 1.29 is 20.0 Å². The minimum Gasteiger partial charge on any atom is -0.481 e. The van der Waals surface area contributed by atoms with Gasteiger partial charge in [-0.15, -0.1) is 0 Å². The molecule has 0 aromatic rings. The number of hydrogen-bond donors (Lipinski definition) is 2. The fraction of sp³-hybridized carbons (Fsp3) is 0.450. The molecule has 4 nitrogen and oxygen atoms in total. The maximum atomic E-state index is 10.3. The van der Waals surface area contributed by atoms with Gasteiger partial charge in [-0.3, -0.25) is 4.79 Å². The lowest BCUT2D eigenvalue weighted by molar-refractivity contribution is -0.204. The third kappa shape index (κ3) is 16.3. The van der Waals surface area contributed by atoms with Gasteiger partial charge in [0, 0.05) is 12.8 Å². The Morgan fingerprint density at radius 1 is 0.917 bits per heavy atom. The lowest BCUT2D eigenvalue weighted by Crippen LogP contribution is -1.92. The Balaban J connectivity index is 3.74. The summed E-state index contributed by atoms with van der Waals surface area (Å²) in [5, 5.41) is 17.3. The molecule has 0 atom stereocenters. The van der Waals surface area contributed by atoms with Gasteiger partial charge in [-0.25, -0.2) is 5.26 Å². The summed E-state index contributed by atoms with van der Waals surface area (Å²) in [4.78, 5) is 14.7. The van der Waals surface area contributed by atoms with Gasteiger partial charge < -0.3 is 9.99 Å². The van der Waals surface area contributed by atoms with E-state index in [1.54, 1.807) is 0 Å². The van der Waals surface area contributed by atoms with Gasteiger partial charge in [0.2, 0.25) is 0 Å². The Hall–Kier alpha value is -2.07. The summed E-state index contributed by atoms with van der Waals surface area (Å²) < 4.78 is 0. The first-order valence-corrected chi connectivity index (χ1v) is 8.52. The molecule has 0 aliphatic rings. The highest BCUT2D eigenvalue weighted by Gasteiger charge is 1.93. The van der Waals surface area contributed by atoms with E-state index < -0.39 is 5.97 Å². The van der Waals surface area contributed by atoms with E-state index in [0.29, 0.717) is 18.6 Å². The smallest absolute Gasteiger partial charge is 0.303 e. The number of unbranched alkanes of at least 4 members (excludes halogenated alkanes) is 1. The van der Waals surface area contributed by atoms with Gasteiger partial charge in [-0.05, 0) is 44.6 Å². The van der Waals surface area contributed by atoms with Gasteiger partial charge in [0.1, 0.15) is 5.76 Å². The van der Waals surface area contributed by atoms with Crippen LogP contribution in [0.1, 0.15) is 58.3 Å². The van der Waals surface area contributed by atoms with Gasteiger partial charge in [-0.1, -0.05) is 55.5 Å². The normalized spacial score (nSPS) is 13.0. The molecule has 134 valence electrons. The summed E-state index contributed by atoms with van der Waals surface area (Å²) in [6.45, 7) is 2.06. The van der Waals surface area contributed by atoms with Gasteiger partial charge in [0.15, 0.2) is 0 Å². The van der Waals surface area contributed by atoms with Crippen molar-refractivity contribution in [2.75, 3.05) is 0 Å². The molecule has 0 amide bonds. The summed E-state index contributed by atoms with van der Waals surface area (Å²) >= 11 is 0. The third-order valence-electron chi connectivity index (χ3n) is 3.13. The summed E-state index contributed by atoms with van der Waals surface area (Å²) in [6.07, 6.45) is 24.0. The Morgan fingerprint density at radius 2 is 1.54 bits per heavy atom. The van der Waals surface area contributed by atoms with Crippen molar-refractivity contribution in [2.45, 2.75) is 58.3 Å². The number of hydrogen-bond acceptors (Lipinski definition) is 3. The standard InChI is InChI=1S/C20H30O4/c1-2-3-13-16-19(24-23)17-14-11-9-7-5-4-6-8-10-12-15-18-20(21)22/h3-5,8-11,13,17,23H,2,6-7,12,14-16,18H2,1H3,(H,21,22). The molecule has 0 aromatic carbocycles. The lowest BCUT2D eigenvalue weighted by Gasteiger charge is -1.98. The van der Waals surface area contributed by atoms with Crippen LogP contribution < -0.4 is 0 Å². The number of carboxylic acid groups (broad SMARTS) is 1. The van der Waals surface area contributed by atoms with E-state index in [2.05, 4.69) is 36.1 Å². The van der Waals surface area contributed by atoms with Crippen LogP contribution in [0, 0.1) is 0 Å². The minimum absolute atomic E-state index is 0.233. The summed E-state index contributed by atoms with van der Waals surface area (Å²) in [5.41, 5.74) is 0.